The fourth-order valence-corrected chi connectivity index (χ4v) is 1.37. The number of carbonyl (C=O) groups is 1. The summed E-state index contributed by atoms with van der Waals surface area (Å²) in [5, 5.41) is 8.35. The number of benzene rings is 1. The van der Waals surface area contributed by atoms with Gasteiger partial charge in [0, 0.05) is 6.08 Å². The highest BCUT2D eigenvalue weighted by Crippen LogP contribution is 2.40. The summed E-state index contributed by atoms with van der Waals surface area (Å²) in [7, 11) is 0. The van der Waals surface area contributed by atoms with Crippen LogP contribution in [0.5, 0.6) is 0 Å². The summed E-state index contributed by atoms with van der Waals surface area (Å²) in [6.07, 6.45) is -9.13. The van der Waals surface area contributed by atoms with E-state index in [2.05, 4.69) is 0 Å². The zero-order chi connectivity index (χ0) is 15.7. The van der Waals surface area contributed by atoms with Crippen molar-refractivity contribution < 1.29 is 36.2 Å². The molecule has 9 heteroatoms. The Kier molecular flexibility index (Phi) is 4.02. The number of hydrogen-bond donors (Lipinski definition) is 2. The van der Waals surface area contributed by atoms with Crippen LogP contribution >= 0.6 is 0 Å². The molecule has 0 aliphatic carbocycles. The van der Waals surface area contributed by atoms with Crippen LogP contribution in [-0.2, 0) is 17.1 Å². The van der Waals surface area contributed by atoms with Gasteiger partial charge in [-0.05, 0) is 23.8 Å². The van der Waals surface area contributed by atoms with Gasteiger partial charge in [0.1, 0.15) is 0 Å². The molecule has 0 saturated heterocycles. The number of carboxylic acids is 1. The van der Waals surface area contributed by atoms with Gasteiger partial charge in [-0.3, -0.25) is 0 Å². The number of alkyl halides is 6. The van der Waals surface area contributed by atoms with Gasteiger partial charge in [-0.1, -0.05) is 0 Å². The summed E-state index contributed by atoms with van der Waals surface area (Å²) in [6, 6.07) is 0.234. The van der Waals surface area contributed by atoms with E-state index in [-0.39, 0.29) is 6.07 Å². The molecule has 0 heterocycles. The van der Waals surface area contributed by atoms with Crippen molar-refractivity contribution in [3.05, 3.63) is 34.9 Å². The van der Waals surface area contributed by atoms with Crippen LogP contribution in [0.1, 0.15) is 16.7 Å². The molecular formula is C11H7F6NO2. The Morgan fingerprint density at radius 1 is 1.10 bits per heavy atom. The molecule has 110 valence electrons. The normalized spacial score (nSPS) is 12.9. The predicted molar refractivity (Wildman–Crippen MR) is 57.5 cm³/mol. The first-order valence-electron chi connectivity index (χ1n) is 4.92. The zero-order valence-electron chi connectivity index (χ0n) is 9.51. The lowest BCUT2D eigenvalue weighted by atomic mass is 10.0. The fourth-order valence-electron chi connectivity index (χ4n) is 1.37. The van der Waals surface area contributed by atoms with Crippen LogP contribution in [0.2, 0.25) is 0 Å². The van der Waals surface area contributed by atoms with Gasteiger partial charge >= 0.3 is 18.3 Å². The third kappa shape index (κ3) is 3.65. The number of hydrogen-bond acceptors (Lipinski definition) is 2. The Balaban J connectivity index is 3.55. The summed E-state index contributed by atoms with van der Waals surface area (Å²) < 4.78 is 75.4. The minimum Gasteiger partial charge on any atom is -0.478 e. The first-order valence-corrected chi connectivity index (χ1v) is 4.92. The van der Waals surface area contributed by atoms with E-state index < -0.39 is 40.7 Å². The van der Waals surface area contributed by atoms with Crippen LogP contribution in [-0.4, -0.2) is 11.1 Å². The van der Waals surface area contributed by atoms with Crippen LogP contribution in [0.3, 0.4) is 0 Å². The monoisotopic (exact) mass is 299 g/mol. The maximum absolute atomic E-state index is 12.6. The molecule has 0 aliphatic heterocycles. The molecule has 0 atom stereocenters. The maximum atomic E-state index is 12.6. The Labute approximate surface area is 108 Å². The largest absolute Gasteiger partial charge is 0.478 e. The average Bonchev–Trinajstić information content (AvgIpc) is 2.24. The van der Waals surface area contributed by atoms with Crippen LogP contribution in [0.15, 0.2) is 18.2 Å². The van der Waals surface area contributed by atoms with Crippen molar-refractivity contribution in [3.63, 3.8) is 0 Å². The zero-order valence-corrected chi connectivity index (χ0v) is 9.51. The lowest BCUT2D eigenvalue weighted by Crippen LogP contribution is -2.14. The highest BCUT2D eigenvalue weighted by atomic mass is 19.4. The van der Waals surface area contributed by atoms with Crippen molar-refractivity contribution in [2.75, 3.05) is 5.73 Å². The molecule has 3 N–H and O–H groups in total. The first-order chi connectivity index (χ1) is 8.93. The van der Waals surface area contributed by atoms with E-state index in [4.69, 9.17) is 10.8 Å². The molecule has 20 heavy (non-hydrogen) atoms. The second kappa shape index (κ2) is 5.06. The van der Waals surface area contributed by atoms with Gasteiger partial charge in [-0.2, -0.15) is 26.3 Å². The van der Waals surface area contributed by atoms with Crippen LogP contribution < -0.4 is 5.73 Å². The Bertz CT molecular complexity index is 559. The third-order valence-corrected chi connectivity index (χ3v) is 2.25. The van der Waals surface area contributed by atoms with Crippen molar-refractivity contribution in [1.82, 2.24) is 0 Å². The number of aliphatic carboxylic acids is 1. The van der Waals surface area contributed by atoms with E-state index in [1.54, 1.807) is 0 Å². The van der Waals surface area contributed by atoms with E-state index in [9.17, 15) is 31.1 Å². The van der Waals surface area contributed by atoms with E-state index in [1.165, 1.54) is 0 Å². The lowest BCUT2D eigenvalue weighted by molar-refractivity contribution is -0.142. The molecule has 1 aromatic rings. The van der Waals surface area contributed by atoms with Gasteiger partial charge in [-0.15, -0.1) is 0 Å². The second-order valence-corrected chi connectivity index (χ2v) is 3.69. The predicted octanol–water partition coefficient (Wildman–Crippen LogP) is 3.40. The summed E-state index contributed by atoms with van der Waals surface area (Å²) in [4.78, 5) is 10.3. The molecule has 0 aromatic heterocycles. The van der Waals surface area contributed by atoms with Crippen molar-refractivity contribution in [2.24, 2.45) is 0 Å². The van der Waals surface area contributed by atoms with Crippen molar-refractivity contribution >= 4 is 17.7 Å². The standard InChI is InChI=1S/C11H7F6NO2/c12-10(13,14)6-3-5(1-2-8(19)20)9(18)7(4-6)11(15,16)17/h1-4H,18H2,(H,19,20)/b2-1+. The maximum Gasteiger partial charge on any atom is 0.418 e. The molecule has 0 unspecified atom stereocenters. The molecule has 3 nitrogen and oxygen atoms in total. The van der Waals surface area contributed by atoms with Gasteiger partial charge in [-0.25, -0.2) is 4.79 Å². The Morgan fingerprint density at radius 3 is 2.05 bits per heavy atom. The fraction of sp³-hybridized carbons (Fsp3) is 0.182. The molecule has 0 aliphatic rings. The van der Waals surface area contributed by atoms with E-state index in [0.717, 1.165) is 0 Å². The molecule has 0 fully saturated rings. The minimum absolute atomic E-state index is 0.118. The Hall–Kier alpha value is -2.19. The number of anilines is 1. The molecule has 0 radical (unpaired) electrons. The second-order valence-electron chi connectivity index (χ2n) is 3.69. The molecule has 0 amide bonds. The van der Waals surface area contributed by atoms with Crippen molar-refractivity contribution in [3.8, 4) is 0 Å². The number of carboxylic acid groups (broad SMARTS) is 1. The minimum atomic E-state index is -5.09. The summed E-state index contributed by atoms with van der Waals surface area (Å²) in [5.41, 5.74) is 0.260. The molecule has 1 rings (SSSR count). The summed E-state index contributed by atoms with van der Waals surface area (Å²) >= 11 is 0. The molecule has 0 spiro atoms. The molecule has 0 bridgehead atoms. The Morgan fingerprint density at radius 2 is 1.65 bits per heavy atom. The van der Waals surface area contributed by atoms with E-state index in [1.807, 2.05) is 0 Å². The summed E-state index contributed by atoms with van der Waals surface area (Å²) in [5.74, 6) is -1.53. The van der Waals surface area contributed by atoms with Crippen molar-refractivity contribution in [2.45, 2.75) is 12.4 Å². The number of nitrogen functional groups attached to an aromatic ring is 1. The van der Waals surface area contributed by atoms with Gasteiger partial charge < -0.3 is 10.8 Å². The van der Waals surface area contributed by atoms with Crippen LogP contribution in [0.25, 0.3) is 6.08 Å². The highest BCUT2D eigenvalue weighted by Gasteiger charge is 2.38. The number of rotatable bonds is 2. The van der Waals surface area contributed by atoms with Crippen LogP contribution in [0.4, 0.5) is 32.0 Å². The lowest BCUT2D eigenvalue weighted by Gasteiger charge is -2.16. The SMILES string of the molecule is Nc1c(/C=C/C(=O)O)cc(C(F)(F)F)cc1C(F)(F)F. The quantitative estimate of drug-likeness (QED) is 0.500. The molecule has 0 saturated carbocycles. The van der Waals surface area contributed by atoms with Crippen molar-refractivity contribution in [1.29, 1.82) is 0 Å². The third-order valence-electron chi connectivity index (χ3n) is 2.25. The number of halogens is 6. The van der Waals surface area contributed by atoms with Gasteiger partial charge in [0.05, 0.1) is 16.8 Å². The van der Waals surface area contributed by atoms with Gasteiger partial charge in [0.15, 0.2) is 0 Å². The molecule has 1 aromatic carbocycles. The van der Waals surface area contributed by atoms with Gasteiger partial charge in [0.2, 0.25) is 0 Å². The smallest absolute Gasteiger partial charge is 0.418 e. The topological polar surface area (TPSA) is 63.3 Å². The first kappa shape index (κ1) is 15.9. The molecular weight excluding hydrogens is 292 g/mol. The highest BCUT2D eigenvalue weighted by molar-refractivity contribution is 5.87. The number of nitrogens with two attached hydrogens (primary N) is 1. The van der Waals surface area contributed by atoms with Crippen LogP contribution in [0, 0.1) is 0 Å². The van der Waals surface area contributed by atoms with E-state index >= 15 is 0 Å². The average molecular weight is 299 g/mol. The summed E-state index contributed by atoms with van der Waals surface area (Å²) in [6.45, 7) is 0. The van der Waals surface area contributed by atoms with E-state index in [0.29, 0.717) is 18.2 Å². The van der Waals surface area contributed by atoms with Gasteiger partial charge in [0.25, 0.3) is 0 Å².